The molecular formula is C13H24N2O. The monoisotopic (exact) mass is 224 g/mol. The van der Waals surface area contributed by atoms with Gasteiger partial charge in [0.25, 0.3) is 0 Å². The minimum Gasteiger partial charge on any atom is -0.340 e. The van der Waals surface area contributed by atoms with Crippen molar-refractivity contribution >= 4 is 5.91 Å². The lowest BCUT2D eigenvalue weighted by atomic mass is 10.0. The molecule has 3 heteroatoms. The van der Waals surface area contributed by atoms with E-state index in [4.69, 9.17) is 5.73 Å². The second kappa shape index (κ2) is 5.17. The molecule has 2 aliphatic carbocycles. The van der Waals surface area contributed by atoms with Crippen LogP contribution in [0.1, 0.15) is 51.9 Å². The fraction of sp³-hybridized carbons (Fsp3) is 0.923. The van der Waals surface area contributed by atoms with Crippen LogP contribution in [0.15, 0.2) is 0 Å². The van der Waals surface area contributed by atoms with Crippen LogP contribution in [0, 0.1) is 5.92 Å². The summed E-state index contributed by atoms with van der Waals surface area (Å²) in [4.78, 5) is 14.5. The van der Waals surface area contributed by atoms with Gasteiger partial charge in [0, 0.05) is 24.5 Å². The molecule has 2 atom stereocenters. The molecule has 2 fully saturated rings. The number of hydrogen-bond donors (Lipinski definition) is 1. The summed E-state index contributed by atoms with van der Waals surface area (Å²) in [7, 11) is 0. The molecule has 0 spiro atoms. The standard InChI is InChI=1S/C13H24N2O/c1-2-15(12-5-3-4-6-12)13(16)10-7-8-11(14)9-10/h10-12H,2-9,14H2,1H3. The summed E-state index contributed by atoms with van der Waals surface area (Å²) in [5.74, 6) is 0.595. The van der Waals surface area contributed by atoms with E-state index in [0.717, 1.165) is 25.8 Å². The van der Waals surface area contributed by atoms with Crippen molar-refractivity contribution in [1.82, 2.24) is 4.90 Å². The van der Waals surface area contributed by atoms with E-state index >= 15 is 0 Å². The van der Waals surface area contributed by atoms with Gasteiger partial charge in [0.05, 0.1) is 0 Å². The summed E-state index contributed by atoms with van der Waals surface area (Å²) in [6, 6.07) is 0.783. The van der Waals surface area contributed by atoms with Crippen LogP contribution in [0.3, 0.4) is 0 Å². The van der Waals surface area contributed by atoms with Crippen molar-refractivity contribution in [3.63, 3.8) is 0 Å². The van der Waals surface area contributed by atoms with Gasteiger partial charge in [-0.05, 0) is 39.0 Å². The van der Waals surface area contributed by atoms with Gasteiger partial charge in [-0.15, -0.1) is 0 Å². The highest BCUT2D eigenvalue weighted by Gasteiger charge is 2.34. The predicted octanol–water partition coefficient (Wildman–Crippen LogP) is 1.90. The van der Waals surface area contributed by atoms with Crippen LogP contribution < -0.4 is 5.73 Å². The third kappa shape index (κ3) is 2.40. The molecule has 0 heterocycles. The molecule has 2 N–H and O–H groups in total. The summed E-state index contributed by atoms with van der Waals surface area (Å²) < 4.78 is 0. The minimum absolute atomic E-state index is 0.218. The Morgan fingerprint density at radius 3 is 2.44 bits per heavy atom. The first-order chi connectivity index (χ1) is 7.72. The fourth-order valence-electron chi connectivity index (χ4n) is 3.29. The van der Waals surface area contributed by atoms with E-state index in [-0.39, 0.29) is 12.0 Å². The van der Waals surface area contributed by atoms with Gasteiger partial charge in [-0.2, -0.15) is 0 Å². The molecule has 0 bridgehead atoms. The molecule has 0 radical (unpaired) electrons. The van der Waals surface area contributed by atoms with Gasteiger partial charge in [0.1, 0.15) is 0 Å². The Kier molecular flexibility index (Phi) is 3.85. The van der Waals surface area contributed by atoms with E-state index in [1.54, 1.807) is 0 Å². The molecule has 0 aromatic heterocycles. The van der Waals surface area contributed by atoms with Crippen LogP contribution in [0.25, 0.3) is 0 Å². The summed E-state index contributed by atoms with van der Waals surface area (Å²) in [6.45, 7) is 2.97. The van der Waals surface area contributed by atoms with Gasteiger partial charge in [0.15, 0.2) is 0 Å². The maximum absolute atomic E-state index is 12.4. The lowest BCUT2D eigenvalue weighted by molar-refractivity contribution is -0.137. The zero-order chi connectivity index (χ0) is 11.5. The first-order valence-electron chi connectivity index (χ1n) is 6.78. The average molecular weight is 224 g/mol. The van der Waals surface area contributed by atoms with E-state index in [9.17, 15) is 4.79 Å². The van der Waals surface area contributed by atoms with E-state index in [1.165, 1.54) is 25.7 Å². The van der Waals surface area contributed by atoms with E-state index in [0.29, 0.717) is 11.9 Å². The topological polar surface area (TPSA) is 46.3 Å². The minimum atomic E-state index is 0.218. The number of carbonyl (C=O) groups is 1. The highest BCUT2D eigenvalue weighted by molar-refractivity contribution is 5.79. The van der Waals surface area contributed by atoms with Crippen LogP contribution in [0.4, 0.5) is 0 Å². The Labute approximate surface area is 98.4 Å². The first-order valence-corrected chi connectivity index (χ1v) is 6.78. The summed E-state index contributed by atoms with van der Waals surface area (Å²) >= 11 is 0. The van der Waals surface area contributed by atoms with Gasteiger partial charge >= 0.3 is 0 Å². The van der Waals surface area contributed by atoms with Gasteiger partial charge in [-0.1, -0.05) is 12.8 Å². The van der Waals surface area contributed by atoms with Crippen molar-refractivity contribution in [3.8, 4) is 0 Å². The lowest BCUT2D eigenvalue weighted by Crippen LogP contribution is -2.42. The maximum Gasteiger partial charge on any atom is 0.225 e. The highest BCUT2D eigenvalue weighted by atomic mass is 16.2. The van der Waals surface area contributed by atoms with Crippen molar-refractivity contribution in [2.45, 2.75) is 64.0 Å². The number of nitrogens with two attached hydrogens (primary N) is 1. The molecule has 92 valence electrons. The molecule has 2 unspecified atom stereocenters. The molecule has 2 aliphatic rings. The van der Waals surface area contributed by atoms with Gasteiger partial charge in [-0.3, -0.25) is 4.79 Å². The Balaban J connectivity index is 1.95. The molecular weight excluding hydrogens is 200 g/mol. The zero-order valence-corrected chi connectivity index (χ0v) is 10.3. The van der Waals surface area contributed by atoms with Crippen molar-refractivity contribution < 1.29 is 4.79 Å². The lowest BCUT2D eigenvalue weighted by Gasteiger charge is -2.30. The molecule has 0 aromatic carbocycles. The van der Waals surface area contributed by atoms with Crippen LogP contribution in [-0.2, 0) is 4.79 Å². The van der Waals surface area contributed by atoms with E-state index in [1.807, 2.05) is 0 Å². The molecule has 0 aromatic rings. The molecule has 1 amide bonds. The first kappa shape index (κ1) is 11.9. The van der Waals surface area contributed by atoms with Crippen LogP contribution in [-0.4, -0.2) is 29.4 Å². The summed E-state index contributed by atoms with van der Waals surface area (Å²) in [5, 5.41) is 0. The van der Waals surface area contributed by atoms with Crippen molar-refractivity contribution in [1.29, 1.82) is 0 Å². The number of carbonyl (C=O) groups excluding carboxylic acids is 1. The summed E-state index contributed by atoms with van der Waals surface area (Å²) in [5.41, 5.74) is 5.89. The molecule has 2 rings (SSSR count). The summed E-state index contributed by atoms with van der Waals surface area (Å²) in [6.07, 6.45) is 7.93. The molecule has 0 saturated heterocycles. The van der Waals surface area contributed by atoms with Gasteiger partial charge < -0.3 is 10.6 Å². The number of hydrogen-bond acceptors (Lipinski definition) is 2. The Morgan fingerprint density at radius 1 is 1.25 bits per heavy atom. The Hall–Kier alpha value is -0.570. The smallest absolute Gasteiger partial charge is 0.225 e. The van der Waals surface area contributed by atoms with Gasteiger partial charge in [-0.25, -0.2) is 0 Å². The number of amides is 1. The molecule has 3 nitrogen and oxygen atoms in total. The molecule has 0 aliphatic heterocycles. The highest BCUT2D eigenvalue weighted by Crippen LogP contribution is 2.30. The van der Waals surface area contributed by atoms with Gasteiger partial charge in [0.2, 0.25) is 5.91 Å². The quantitative estimate of drug-likeness (QED) is 0.796. The maximum atomic E-state index is 12.4. The SMILES string of the molecule is CCN(C(=O)C1CCC(N)C1)C1CCCC1. The van der Waals surface area contributed by atoms with Crippen molar-refractivity contribution in [3.05, 3.63) is 0 Å². The Morgan fingerprint density at radius 2 is 1.94 bits per heavy atom. The third-order valence-electron chi connectivity index (χ3n) is 4.21. The second-order valence-electron chi connectivity index (χ2n) is 5.33. The third-order valence-corrected chi connectivity index (χ3v) is 4.21. The van der Waals surface area contributed by atoms with E-state index < -0.39 is 0 Å². The van der Waals surface area contributed by atoms with Crippen LogP contribution in [0.5, 0.6) is 0 Å². The van der Waals surface area contributed by atoms with Crippen molar-refractivity contribution in [2.24, 2.45) is 11.7 Å². The van der Waals surface area contributed by atoms with Crippen LogP contribution in [0.2, 0.25) is 0 Å². The Bertz CT molecular complexity index is 248. The molecule has 16 heavy (non-hydrogen) atoms. The second-order valence-corrected chi connectivity index (χ2v) is 5.33. The van der Waals surface area contributed by atoms with Crippen molar-refractivity contribution in [2.75, 3.05) is 6.54 Å². The predicted molar refractivity (Wildman–Crippen MR) is 65.0 cm³/mol. The zero-order valence-electron chi connectivity index (χ0n) is 10.3. The fourth-order valence-corrected chi connectivity index (χ4v) is 3.29. The van der Waals surface area contributed by atoms with Crippen LogP contribution >= 0.6 is 0 Å². The largest absolute Gasteiger partial charge is 0.340 e. The average Bonchev–Trinajstić information content (AvgIpc) is 2.90. The number of nitrogens with zero attached hydrogens (tertiary/aromatic N) is 1. The normalized spacial score (nSPS) is 30.9. The molecule has 2 saturated carbocycles. The van der Waals surface area contributed by atoms with E-state index in [2.05, 4.69) is 11.8 Å². The number of rotatable bonds is 3.